The average molecular weight is 384 g/mol. The highest BCUT2D eigenvalue weighted by atomic mass is 19.1. The maximum atomic E-state index is 14.4. The molecule has 152 valence electrons. The van der Waals surface area contributed by atoms with Crippen LogP contribution in [0.1, 0.15) is 70.3 Å². The van der Waals surface area contributed by atoms with Crippen LogP contribution in [0.15, 0.2) is 30.3 Å². The van der Waals surface area contributed by atoms with Crippen LogP contribution in [-0.2, 0) is 10.2 Å². The fourth-order valence-electron chi connectivity index (χ4n) is 8.02. The number of ketones is 1. The van der Waals surface area contributed by atoms with Crippen LogP contribution >= 0.6 is 0 Å². The Bertz CT molecular complexity index is 750. The molecule has 1 saturated heterocycles. The van der Waals surface area contributed by atoms with Crippen molar-refractivity contribution in [3.05, 3.63) is 35.9 Å². The minimum atomic E-state index is -0.866. The Morgan fingerprint density at radius 3 is 2.71 bits per heavy atom. The zero-order chi connectivity index (χ0) is 19.4. The average Bonchev–Trinajstić information content (AvgIpc) is 2.69. The normalized spacial score (nSPS) is 44.6. The third-order valence-electron chi connectivity index (χ3n) is 8.90. The summed E-state index contributed by atoms with van der Waals surface area (Å²) in [6, 6.07) is 11.0. The molecule has 2 nitrogen and oxygen atoms in total. The summed E-state index contributed by atoms with van der Waals surface area (Å²) in [5, 5.41) is 3.13. The molecule has 0 aromatic heterocycles. The first-order valence-electron chi connectivity index (χ1n) is 11.4. The van der Waals surface area contributed by atoms with Crippen LogP contribution in [0.25, 0.3) is 0 Å². The predicted molar refractivity (Wildman–Crippen MR) is 110 cm³/mol. The molecule has 4 saturated carbocycles. The van der Waals surface area contributed by atoms with Crippen LogP contribution in [0, 0.1) is 22.7 Å². The van der Waals surface area contributed by atoms with Crippen molar-refractivity contribution < 1.29 is 9.18 Å². The smallest absolute Gasteiger partial charge is 0.139 e. The first-order chi connectivity index (χ1) is 13.5. The SMILES string of the molecule is CCC12CC3CC(C(=O)C[C@@H]4CCNC[C@H]4F)(C1)CC(c1ccccc1)(C3)C2. The highest BCUT2D eigenvalue weighted by molar-refractivity contribution is 5.86. The highest BCUT2D eigenvalue weighted by Gasteiger charge is 2.65. The number of Topliss-reactive ketones (excluding diaryl/α,β-unsaturated/α-hetero) is 1. The lowest BCUT2D eigenvalue weighted by molar-refractivity contribution is -0.162. The van der Waals surface area contributed by atoms with Crippen molar-refractivity contribution in [2.75, 3.05) is 13.1 Å². The molecule has 5 aliphatic rings. The lowest BCUT2D eigenvalue weighted by Crippen LogP contribution is -2.61. The lowest BCUT2D eigenvalue weighted by atomic mass is 9.37. The van der Waals surface area contributed by atoms with Crippen molar-refractivity contribution in [3.63, 3.8) is 0 Å². The maximum absolute atomic E-state index is 14.4. The van der Waals surface area contributed by atoms with Crippen LogP contribution in [0.3, 0.4) is 0 Å². The molecule has 1 aromatic carbocycles. The number of halogens is 1. The van der Waals surface area contributed by atoms with E-state index in [0.29, 0.717) is 30.1 Å². The molecule has 3 heteroatoms. The second-order valence-electron chi connectivity index (χ2n) is 10.7. The molecule has 4 bridgehead atoms. The van der Waals surface area contributed by atoms with E-state index in [1.165, 1.54) is 31.2 Å². The van der Waals surface area contributed by atoms with E-state index < -0.39 is 6.17 Å². The van der Waals surface area contributed by atoms with Gasteiger partial charge in [-0.1, -0.05) is 43.7 Å². The molecule has 1 aromatic rings. The molecule has 1 heterocycles. The second-order valence-corrected chi connectivity index (χ2v) is 10.7. The number of rotatable bonds is 5. The summed E-state index contributed by atoms with van der Waals surface area (Å²) in [4.78, 5) is 13.8. The molecule has 0 spiro atoms. The van der Waals surface area contributed by atoms with Crippen LogP contribution in [-0.4, -0.2) is 25.0 Å². The van der Waals surface area contributed by atoms with Crippen LogP contribution in [0.5, 0.6) is 0 Å². The Morgan fingerprint density at radius 1 is 1.14 bits per heavy atom. The van der Waals surface area contributed by atoms with Gasteiger partial charge in [-0.2, -0.15) is 0 Å². The fourth-order valence-corrected chi connectivity index (χ4v) is 8.02. The van der Waals surface area contributed by atoms with Crippen LogP contribution < -0.4 is 5.32 Å². The van der Waals surface area contributed by atoms with Crippen molar-refractivity contribution in [3.8, 4) is 0 Å². The van der Waals surface area contributed by atoms with E-state index >= 15 is 0 Å². The maximum Gasteiger partial charge on any atom is 0.139 e. The van der Waals surface area contributed by atoms with Gasteiger partial charge < -0.3 is 5.32 Å². The minimum Gasteiger partial charge on any atom is -0.314 e. The van der Waals surface area contributed by atoms with E-state index in [4.69, 9.17) is 0 Å². The number of nitrogens with one attached hydrogen (secondary N) is 1. The molecule has 6 rings (SSSR count). The lowest BCUT2D eigenvalue weighted by Gasteiger charge is -2.66. The van der Waals surface area contributed by atoms with Gasteiger partial charge in [0.1, 0.15) is 12.0 Å². The monoisotopic (exact) mass is 383 g/mol. The second kappa shape index (κ2) is 6.65. The summed E-state index contributed by atoms with van der Waals surface area (Å²) < 4.78 is 14.4. The van der Waals surface area contributed by atoms with Gasteiger partial charge in [-0.25, -0.2) is 4.39 Å². The largest absolute Gasteiger partial charge is 0.314 e. The number of hydrogen-bond donors (Lipinski definition) is 1. The van der Waals surface area contributed by atoms with Gasteiger partial charge in [0.05, 0.1) is 0 Å². The van der Waals surface area contributed by atoms with Gasteiger partial charge in [0.25, 0.3) is 0 Å². The Hall–Kier alpha value is -1.22. The Labute approximate surface area is 168 Å². The Kier molecular flexibility index (Phi) is 4.46. The molecule has 1 N–H and O–H groups in total. The van der Waals surface area contributed by atoms with Gasteiger partial charge in [-0.15, -0.1) is 0 Å². The molecule has 28 heavy (non-hydrogen) atoms. The summed E-state index contributed by atoms with van der Waals surface area (Å²) in [5.41, 5.74) is 1.72. The summed E-state index contributed by atoms with van der Waals surface area (Å²) in [6.45, 7) is 3.59. The summed E-state index contributed by atoms with van der Waals surface area (Å²) >= 11 is 0. The molecule has 4 unspecified atom stereocenters. The van der Waals surface area contributed by atoms with Gasteiger partial charge in [-0.05, 0) is 79.7 Å². The van der Waals surface area contributed by atoms with Gasteiger partial charge in [-0.3, -0.25) is 4.79 Å². The van der Waals surface area contributed by atoms with E-state index in [1.54, 1.807) is 0 Å². The number of alkyl halides is 1. The van der Waals surface area contributed by atoms with Crippen molar-refractivity contribution >= 4 is 5.78 Å². The van der Waals surface area contributed by atoms with Gasteiger partial charge in [0.15, 0.2) is 0 Å². The molecule has 0 amide bonds. The highest BCUT2D eigenvalue weighted by Crippen LogP contribution is 2.71. The molecule has 5 fully saturated rings. The van der Waals surface area contributed by atoms with Gasteiger partial charge in [0, 0.05) is 18.4 Å². The third-order valence-corrected chi connectivity index (χ3v) is 8.90. The Morgan fingerprint density at radius 2 is 1.96 bits per heavy atom. The van der Waals surface area contributed by atoms with Gasteiger partial charge in [0.2, 0.25) is 0 Å². The zero-order valence-electron chi connectivity index (χ0n) is 17.2. The fraction of sp³-hybridized carbons (Fsp3) is 0.720. The van der Waals surface area contributed by atoms with Crippen molar-refractivity contribution in [2.45, 2.75) is 76.3 Å². The summed E-state index contributed by atoms with van der Waals surface area (Å²) in [5.74, 6) is 0.978. The topological polar surface area (TPSA) is 29.1 Å². The first-order valence-corrected chi connectivity index (χ1v) is 11.4. The third kappa shape index (κ3) is 2.88. The number of benzene rings is 1. The van der Waals surface area contributed by atoms with E-state index in [9.17, 15) is 9.18 Å². The van der Waals surface area contributed by atoms with E-state index in [2.05, 4.69) is 42.6 Å². The van der Waals surface area contributed by atoms with Crippen molar-refractivity contribution in [1.82, 2.24) is 5.32 Å². The molecule has 1 aliphatic heterocycles. The quantitative estimate of drug-likeness (QED) is 0.756. The van der Waals surface area contributed by atoms with Gasteiger partial charge >= 0.3 is 0 Å². The molecule has 0 radical (unpaired) electrons. The molecule has 4 aliphatic carbocycles. The molecular weight excluding hydrogens is 349 g/mol. The van der Waals surface area contributed by atoms with E-state index in [-0.39, 0.29) is 16.7 Å². The van der Waals surface area contributed by atoms with E-state index in [0.717, 1.165) is 32.2 Å². The van der Waals surface area contributed by atoms with E-state index in [1.807, 2.05) is 0 Å². The number of piperidine rings is 1. The van der Waals surface area contributed by atoms with Crippen LogP contribution in [0.4, 0.5) is 4.39 Å². The number of carbonyl (C=O) groups is 1. The molecular formula is C25H34FNO. The predicted octanol–water partition coefficient (Wildman–Crippen LogP) is 5.21. The molecule has 6 atom stereocenters. The number of hydrogen-bond acceptors (Lipinski definition) is 2. The summed E-state index contributed by atoms with van der Waals surface area (Å²) in [6.07, 6.45) is 8.47. The van der Waals surface area contributed by atoms with Crippen molar-refractivity contribution in [2.24, 2.45) is 22.7 Å². The number of carbonyl (C=O) groups excluding carboxylic acids is 1. The zero-order valence-corrected chi connectivity index (χ0v) is 17.2. The van der Waals surface area contributed by atoms with Crippen LogP contribution in [0.2, 0.25) is 0 Å². The summed E-state index contributed by atoms with van der Waals surface area (Å²) in [7, 11) is 0. The van der Waals surface area contributed by atoms with Crippen molar-refractivity contribution in [1.29, 1.82) is 0 Å². The first kappa shape index (κ1) is 18.8. The standard InChI is InChI=1S/C25H34FNO/c1-2-23-11-18-12-24(15-23,20-6-4-3-5-7-20)17-25(13-18,16-23)22(28)10-19-8-9-27-14-21(19)26/h3-7,18-19,21,27H,2,8-17H2,1H3/t18?,19-,21+,23?,24?,25?/m0/s1. The Balaban J connectivity index is 1.48. The minimum absolute atomic E-state index is 0.0768.